The predicted octanol–water partition coefficient (Wildman–Crippen LogP) is 3.28. The lowest BCUT2D eigenvalue weighted by molar-refractivity contribution is 0.0222. The fraction of sp³-hybridized carbons (Fsp3) is 0.619. The molecule has 1 saturated heterocycles. The number of nitrogens with one attached hydrogen (secondary N) is 2. The van der Waals surface area contributed by atoms with E-state index in [9.17, 15) is 9.59 Å². The van der Waals surface area contributed by atoms with Gasteiger partial charge in [-0.3, -0.25) is 0 Å². The van der Waals surface area contributed by atoms with E-state index in [1.54, 1.807) is 12.0 Å². The predicted molar refractivity (Wildman–Crippen MR) is 106 cm³/mol. The molecule has 1 spiro atoms. The SMILES string of the molecule is COc1ccc(CNC(=O)N[C@H]2C[C@]3(CCN(C(=O)OC(C)(C)C)C3)C2)cc1. The molecule has 1 saturated carbocycles. The largest absolute Gasteiger partial charge is 0.497 e. The van der Waals surface area contributed by atoms with E-state index in [0.29, 0.717) is 13.1 Å². The van der Waals surface area contributed by atoms with Gasteiger partial charge in [0.1, 0.15) is 11.4 Å². The van der Waals surface area contributed by atoms with E-state index in [-0.39, 0.29) is 23.6 Å². The van der Waals surface area contributed by atoms with E-state index in [2.05, 4.69) is 10.6 Å². The number of urea groups is 1. The summed E-state index contributed by atoms with van der Waals surface area (Å²) in [6, 6.07) is 7.62. The molecule has 1 aliphatic carbocycles. The van der Waals surface area contributed by atoms with Crippen molar-refractivity contribution in [2.45, 2.75) is 58.2 Å². The molecule has 2 fully saturated rings. The van der Waals surface area contributed by atoms with Gasteiger partial charge in [0, 0.05) is 25.7 Å². The average molecular weight is 389 g/mol. The van der Waals surface area contributed by atoms with Crippen LogP contribution in [-0.4, -0.2) is 48.9 Å². The quantitative estimate of drug-likeness (QED) is 0.828. The number of benzene rings is 1. The first-order valence-electron chi connectivity index (χ1n) is 9.83. The van der Waals surface area contributed by atoms with Crippen molar-refractivity contribution in [3.63, 3.8) is 0 Å². The van der Waals surface area contributed by atoms with Crippen molar-refractivity contribution >= 4 is 12.1 Å². The molecule has 0 atom stereocenters. The lowest BCUT2D eigenvalue weighted by atomic mass is 9.65. The third kappa shape index (κ3) is 5.09. The number of carbonyl (C=O) groups excluding carboxylic acids is 2. The van der Waals surface area contributed by atoms with Crippen LogP contribution < -0.4 is 15.4 Å². The van der Waals surface area contributed by atoms with Crippen LogP contribution in [0.2, 0.25) is 0 Å². The summed E-state index contributed by atoms with van der Waals surface area (Å²) >= 11 is 0. The number of ether oxygens (including phenoxy) is 2. The van der Waals surface area contributed by atoms with Gasteiger partial charge in [0.05, 0.1) is 7.11 Å². The number of hydrogen-bond acceptors (Lipinski definition) is 4. The Kier molecular flexibility index (Phi) is 5.72. The van der Waals surface area contributed by atoms with E-state index >= 15 is 0 Å². The van der Waals surface area contributed by atoms with Crippen LogP contribution in [0.4, 0.5) is 9.59 Å². The van der Waals surface area contributed by atoms with Gasteiger partial charge >= 0.3 is 12.1 Å². The zero-order valence-corrected chi connectivity index (χ0v) is 17.2. The average Bonchev–Trinajstić information content (AvgIpc) is 3.04. The van der Waals surface area contributed by atoms with E-state index in [4.69, 9.17) is 9.47 Å². The first-order valence-corrected chi connectivity index (χ1v) is 9.83. The summed E-state index contributed by atoms with van der Waals surface area (Å²) < 4.78 is 10.6. The number of methoxy groups -OCH3 is 1. The fourth-order valence-corrected chi connectivity index (χ4v) is 4.00. The molecule has 1 aromatic carbocycles. The summed E-state index contributed by atoms with van der Waals surface area (Å²) in [5.74, 6) is 0.796. The number of amides is 3. The molecule has 1 aliphatic heterocycles. The van der Waals surface area contributed by atoms with Gasteiger partial charge in [-0.15, -0.1) is 0 Å². The van der Waals surface area contributed by atoms with Crippen LogP contribution in [-0.2, 0) is 11.3 Å². The highest BCUT2D eigenvalue weighted by atomic mass is 16.6. The maximum Gasteiger partial charge on any atom is 0.410 e. The van der Waals surface area contributed by atoms with Gasteiger partial charge in [0.2, 0.25) is 0 Å². The Morgan fingerprint density at radius 2 is 1.89 bits per heavy atom. The van der Waals surface area contributed by atoms with Gasteiger partial charge in [0.25, 0.3) is 0 Å². The minimum atomic E-state index is -0.474. The smallest absolute Gasteiger partial charge is 0.410 e. The second-order valence-corrected chi connectivity index (χ2v) is 8.93. The number of likely N-dealkylation sites (tertiary alicyclic amines) is 1. The third-order valence-corrected chi connectivity index (χ3v) is 5.40. The zero-order valence-electron chi connectivity index (χ0n) is 17.2. The molecule has 0 unspecified atom stereocenters. The molecule has 3 amide bonds. The van der Waals surface area contributed by atoms with Gasteiger partial charge in [-0.2, -0.15) is 0 Å². The Morgan fingerprint density at radius 3 is 2.50 bits per heavy atom. The topological polar surface area (TPSA) is 79.9 Å². The van der Waals surface area contributed by atoms with Crippen LogP contribution in [0.1, 0.15) is 45.6 Å². The molecule has 2 N–H and O–H groups in total. The molecule has 0 radical (unpaired) electrons. The van der Waals surface area contributed by atoms with Crippen LogP contribution in [0.25, 0.3) is 0 Å². The molecule has 7 heteroatoms. The van der Waals surface area contributed by atoms with E-state index in [1.807, 2.05) is 45.0 Å². The molecule has 0 bridgehead atoms. The summed E-state index contributed by atoms with van der Waals surface area (Å²) in [5, 5.41) is 5.93. The van der Waals surface area contributed by atoms with Crippen molar-refractivity contribution in [1.29, 1.82) is 0 Å². The van der Waals surface area contributed by atoms with Crippen molar-refractivity contribution in [3.05, 3.63) is 29.8 Å². The molecular weight excluding hydrogens is 358 g/mol. The number of rotatable bonds is 4. The summed E-state index contributed by atoms with van der Waals surface area (Å²) in [6.45, 7) is 7.55. The first kappa shape index (κ1) is 20.3. The first-order chi connectivity index (χ1) is 13.2. The van der Waals surface area contributed by atoms with Crippen molar-refractivity contribution in [2.24, 2.45) is 5.41 Å². The van der Waals surface area contributed by atoms with Gasteiger partial charge in [-0.05, 0) is 63.1 Å². The second-order valence-electron chi connectivity index (χ2n) is 8.93. The van der Waals surface area contributed by atoms with Gasteiger partial charge in [0.15, 0.2) is 0 Å². The van der Waals surface area contributed by atoms with Crippen LogP contribution in [0.5, 0.6) is 5.75 Å². The Labute approximate surface area is 166 Å². The molecule has 1 heterocycles. The van der Waals surface area contributed by atoms with E-state index in [1.165, 1.54) is 0 Å². The Bertz CT molecular complexity index is 705. The Balaban J connectivity index is 1.38. The number of hydrogen-bond donors (Lipinski definition) is 2. The molecule has 0 aromatic heterocycles. The minimum absolute atomic E-state index is 0.130. The second kappa shape index (κ2) is 7.89. The van der Waals surface area contributed by atoms with Crippen molar-refractivity contribution in [3.8, 4) is 5.75 Å². The summed E-state index contributed by atoms with van der Waals surface area (Å²) in [5.41, 5.74) is 0.674. The lowest BCUT2D eigenvalue weighted by Crippen LogP contribution is -2.54. The van der Waals surface area contributed by atoms with Gasteiger partial charge in [-0.25, -0.2) is 9.59 Å². The maximum atomic E-state index is 12.2. The van der Waals surface area contributed by atoms with E-state index < -0.39 is 5.60 Å². The number of nitrogens with zero attached hydrogens (tertiary/aromatic N) is 1. The van der Waals surface area contributed by atoms with Crippen LogP contribution >= 0.6 is 0 Å². The van der Waals surface area contributed by atoms with Crippen molar-refractivity contribution in [1.82, 2.24) is 15.5 Å². The standard InChI is InChI=1S/C21H31N3O4/c1-20(2,3)28-19(26)24-10-9-21(14-24)11-16(12-21)23-18(25)22-13-15-5-7-17(27-4)8-6-15/h5-8,16H,9-14H2,1-4H3,(H2,22,23,25)/t16-,21+. The fourth-order valence-electron chi connectivity index (χ4n) is 4.00. The highest BCUT2D eigenvalue weighted by molar-refractivity contribution is 5.74. The lowest BCUT2D eigenvalue weighted by Gasteiger charge is -2.45. The van der Waals surface area contributed by atoms with Gasteiger partial charge < -0.3 is 25.0 Å². The molecule has 2 aliphatic rings. The van der Waals surface area contributed by atoms with Crippen LogP contribution in [0, 0.1) is 5.41 Å². The van der Waals surface area contributed by atoms with Gasteiger partial charge in [-0.1, -0.05) is 12.1 Å². The summed E-state index contributed by atoms with van der Waals surface area (Å²) in [7, 11) is 1.63. The molecular formula is C21H31N3O4. The molecule has 3 rings (SSSR count). The summed E-state index contributed by atoms with van der Waals surface area (Å²) in [6.07, 6.45) is 2.54. The molecule has 7 nitrogen and oxygen atoms in total. The summed E-state index contributed by atoms with van der Waals surface area (Å²) in [4.78, 5) is 26.2. The Hall–Kier alpha value is -2.44. The van der Waals surface area contributed by atoms with E-state index in [0.717, 1.165) is 37.1 Å². The van der Waals surface area contributed by atoms with Crippen LogP contribution in [0.15, 0.2) is 24.3 Å². The molecule has 1 aromatic rings. The van der Waals surface area contributed by atoms with Crippen molar-refractivity contribution < 1.29 is 19.1 Å². The number of carbonyl (C=O) groups is 2. The monoisotopic (exact) mass is 389 g/mol. The zero-order chi connectivity index (χ0) is 20.4. The minimum Gasteiger partial charge on any atom is -0.497 e. The molecule has 28 heavy (non-hydrogen) atoms. The normalized spacial score (nSPS) is 23.9. The van der Waals surface area contributed by atoms with Crippen molar-refractivity contribution in [2.75, 3.05) is 20.2 Å². The molecule has 154 valence electrons. The Morgan fingerprint density at radius 1 is 1.21 bits per heavy atom. The highest BCUT2D eigenvalue weighted by Crippen LogP contribution is 2.48. The third-order valence-electron chi connectivity index (χ3n) is 5.40. The highest BCUT2D eigenvalue weighted by Gasteiger charge is 2.50. The maximum absolute atomic E-state index is 12.2. The van der Waals surface area contributed by atoms with Crippen LogP contribution in [0.3, 0.4) is 0 Å².